The molecule has 1 aliphatic rings. The van der Waals surface area contributed by atoms with E-state index in [0.29, 0.717) is 30.4 Å². The zero-order chi connectivity index (χ0) is 14.2. The number of nitrogens with two attached hydrogens (primary N) is 1. The summed E-state index contributed by atoms with van der Waals surface area (Å²) in [6.45, 7) is 4.23. The maximum Gasteiger partial charge on any atom is 0.182 e. The van der Waals surface area contributed by atoms with Crippen LogP contribution in [0.4, 0.5) is 5.69 Å². The quantitative estimate of drug-likeness (QED) is 0.850. The van der Waals surface area contributed by atoms with E-state index in [0.717, 1.165) is 6.42 Å². The van der Waals surface area contributed by atoms with Gasteiger partial charge in [0.15, 0.2) is 9.84 Å². The van der Waals surface area contributed by atoms with Gasteiger partial charge in [0.1, 0.15) is 0 Å². The molecule has 0 saturated heterocycles. The number of nitrogen functional groups attached to an aromatic ring is 1. The third-order valence-electron chi connectivity index (χ3n) is 3.84. The fourth-order valence-electron chi connectivity index (χ4n) is 3.05. The van der Waals surface area contributed by atoms with E-state index in [1.807, 2.05) is 0 Å². The van der Waals surface area contributed by atoms with Crippen molar-refractivity contribution in [2.24, 2.45) is 11.8 Å². The Bertz CT molecular complexity index is 561. The van der Waals surface area contributed by atoms with E-state index < -0.39 is 9.84 Å². The summed E-state index contributed by atoms with van der Waals surface area (Å²) in [7, 11) is -3.36. The number of sulfone groups is 1. The van der Waals surface area contributed by atoms with Gasteiger partial charge < -0.3 is 5.73 Å². The molecule has 0 bridgehead atoms. The summed E-state index contributed by atoms with van der Waals surface area (Å²) in [4.78, 5) is 0.217. The highest BCUT2D eigenvalue weighted by Gasteiger charge is 2.35. The predicted molar refractivity (Wildman–Crippen MR) is 79.0 cm³/mol. The van der Waals surface area contributed by atoms with E-state index >= 15 is 0 Å². The van der Waals surface area contributed by atoms with Crippen molar-refractivity contribution in [1.82, 2.24) is 0 Å². The summed E-state index contributed by atoms with van der Waals surface area (Å²) in [6.07, 6.45) is 2.53. The third kappa shape index (κ3) is 3.06. The molecular formula is C14H20ClNO2S. The highest BCUT2D eigenvalue weighted by atomic mass is 35.5. The summed E-state index contributed by atoms with van der Waals surface area (Å²) in [5, 5.41) is -0.0988. The molecule has 19 heavy (non-hydrogen) atoms. The van der Waals surface area contributed by atoms with E-state index in [-0.39, 0.29) is 15.2 Å². The lowest BCUT2D eigenvalue weighted by Crippen LogP contribution is -2.31. The minimum absolute atomic E-state index is 0.217. The molecule has 3 nitrogen and oxygen atoms in total. The molecule has 106 valence electrons. The molecule has 2 unspecified atom stereocenters. The average Bonchev–Trinajstić information content (AvgIpc) is 2.26. The maximum absolute atomic E-state index is 12.7. The predicted octanol–water partition coefficient (Wildman–Crippen LogP) is 3.52. The molecule has 5 heteroatoms. The Morgan fingerprint density at radius 1 is 1.16 bits per heavy atom. The van der Waals surface area contributed by atoms with Gasteiger partial charge in [0.25, 0.3) is 0 Å². The first-order valence-electron chi connectivity index (χ1n) is 6.59. The van der Waals surface area contributed by atoms with E-state index in [4.69, 9.17) is 17.3 Å². The van der Waals surface area contributed by atoms with Crippen LogP contribution >= 0.6 is 11.6 Å². The molecule has 1 aliphatic carbocycles. The van der Waals surface area contributed by atoms with Crippen LogP contribution in [0.3, 0.4) is 0 Å². The minimum Gasteiger partial charge on any atom is -0.399 e. The molecule has 2 rings (SSSR count). The topological polar surface area (TPSA) is 60.2 Å². The molecule has 0 spiro atoms. The van der Waals surface area contributed by atoms with Gasteiger partial charge in [-0.15, -0.1) is 0 Å². The fourth-order valence-corrected chi connectivity index (χ4v) is 5.68. The summed E-state index contributed by atoms with van der Waals surface area (Å²) < 4.78 is 25.4. The molecule has 2 atom stereocenters. The lowest BCUT2D eigenvalue weighted by molar-refractivity contribution is 0.301. The first-order chi connectivity index (χ1) is 8.80. The number of hydrogen-bond acceptors (Lipinski definition) is 3. The van der Waals surface area contributed by atoms with Crippen molar-refractivity contribution in [3.63, 3.8) is 0 Å². The molecule has 0 radical (unpaired) electrons. The van der Waals surface area contributed by atoms with E-state index in [1.54, 1.807) is 6.07 Å². The van der Waals surface area contributed by atoms with Crippen LogP contribution in [-0.4, -0.2) is 13.7 Å². The Hall–Kier alpha value is -0.740. The van der Waals surface area contributed by atoms with Crippen molar-refractivity contribution in [3.05, 3.63) is 23.2 Å². The van der Waals surface area contributed by atoms with Crippen LogP contribution in [-0.2, 0) is 9.84 Å². The van der Waals surface area contributed by atoms with Crippen molar-refractivity contribution in [1.29, 1.82) is 0 Å². The molecule has 0 amide bonds. The SMILES string of the molecule is CC1CC(C)CC(S(=O)(=O)c2ccc(N)cc2Cl)C1. The van der Waals surface area contributed by atoms with Gasteiger partial charge >= 0.3 is 0 Å². The van der Waals surface area contributed by atoms with E-state index in [1.165, 1.54) is 12.1 Å². The van der Waals surface area contributed by atoms with Crippen LogP contribution in [0.1, 0.15) is 33.1 Å². The first-order valence-corrected chi connectivity index (χ1v) is 8.52. The second kappa shape index (κ2) is 5.33. The number of rotatable bonds is 2. The minimum atomic E-state index is -3.36. The lowest BCUT2D eigenvalue weighted by atomic mass is 9.83. The highest BCUT2D eigenvalue weighted by molar-refractivity contribution is 7.92. The van der Waals surface area contributed by atoms with Crippen molar-refractivity contribution in [3.8, 4) is 0 Å². The number of hydrogen-bond donors (Lipinski definition) is 1. The number of benzene rings is 1. The molecule has 1 aromatic carbocycles. The monoisotopic (exact) mass is 301 g/mol. The van der Waals surface area contributed by atoms with Gasteiger partial charge in [-0.3, -0.25) is 0 Å². The summed E-state index contributed by atoms with van der Waals surface area (Å²) >= 11 is 6.05. The maximum atomic E-state index is 12.7. The van der Waals surface area contributed by atoms with Crippen molar-refractivity contribution < 1.29 is 8.42 Å². The highest BCUT2D eigenvalue weighted by Crippen LogP contribution is 2.37. The molecular weight excluding hydrogens is 282 g/mol. The molecule has 0 aliphatic heterocycles. The summed E-state index contributed by atoms with van der Waals surface area (Å²) in [5.41, 5.74) is 6.09. The van der Waals surface area contributed by atoms with Gasteiger partial charge in [-0.25, -0.2) is 8.42 Å². The fraction of sp³-hybridized carbons (Fsp3) is 0.571. The lowest BCUT2D eigenvalue weighted by Gasteiger charge is -2.31. The summed E-state index contributed by atoms with van der Waals surface area (Å²) in [6, 6.07) is 4.62. The van der Waals surface area contributed by atoms with Crippen LogP contribution in [0.25, 0.3) is 0 Å². The smallest absolute Gasteiger partial charge is 0.182 e. The average molecular weight is 302 g/mol. The molecule has 0 heterocycles. The zero-order valence-electron chi connectivity index (χ0n) is 11.3. The van der Waals surface area contributed by atoms with Crippen molar-refractivity contribution in [2.45, 2.75) is 43.3 Å². The van der Waals surface area contributed by atoms with Crippen LogP contribution in [0.2, 0.25) is 5.02 Å². The van der Waals surface area contributed by atoms with Crippen LogP contribution < -0.4 is 5.73 Å². The van der Waals surface area contributed by atoms with E-state index in [2.05, 4.69) is 13.8 Å². The largest absolute Gasteiger partial charge is 0.399 e. The number of anilines is 1. The number of halogens is 1. The summed E-state index contributed by atoms with van der Waals surface area (Å²) in [5.74, 6) is 0.882. The normalized spacial score (nSPS) is 28.3. The Morgan fingerprint density at radius 2 is 1.74 bits per heavy atom. The van der Waals surface area contributed by atoms with Crippen LogP contribution in [0, 0.1) is 11.8 Å². The van der Waals surface area contributed by atoms with E-state index in [9.17, 15) is 8.42 Å². The first kappa shape index (κ1) is 14.7. The van der Waals surface area contributed by atoms with Gasteiger partial charge in [0.2, 0.25) is 0 Å². The Balaban J connectivity index is 2.36. The second-order valence-electron chi connectivity index (χ2n) is 5.77. The second-order valence-corrected chi connectivity index (χ2v) is 8.38. The zero-order valence-corrected chi connectivity index (χ0v) is 12.8. The Kier molecular flexibility index (Phi) is 4.11. The Labute approximate surface area is 120 Å². The van der Waals surface area contributed by atoms with Gasteiger partial charge in [-0.2, -0.15) is 0 Å². The standard InChI is InChI=1S/C14H20ClNO2S/c1-9-5-10(2)7-12(6-9)19(17,18)14-4-3-11(16)8-13(14)15/h3-4,8-10,12H,5-7,16H2,1-2H3. The molecule has 1 aromatic rings. The molecule has 1 fully saturated rings. The van der Waals surface area contributed by atoms with Crippen molar-refractivity contribution >= 4 is 27.1 Å². The molecule has 2 N–H and O–H groups in total. The van der Waals surface area contributed by atoms with Gasteiger partial charge in [-0.05, 0) is 49.3 Å². The molecule has 0 aromatic heterocycles. The third-order valence-corrected chi connectivity index (χ3v) is 6.49. The van der Waals surface area contributed by atoms with Crippen molar-refractivity contribution in [2.75, 3.05) is 5.73 Å². The van der Waals surface area contributed by atoms with Crippen LogP contribution in [0.15, 0.2) is 23.1 Å². The van der Waals surface area contributed by atoms with Gasteiger partial charge in [0, 0.05) is 5.69 Å². The molecule has 1 saturated carbocycles. The van der Waals surface area contributed by atoms with Gasteiger partial charge in [0.05, 0.1) is 15.2 Å². The van der Waals surface area contributed by atoms with Crippen LogP contribution in [0.5, 0.6) is 0 Å². The van der Waals surface area contributed by atoms with Gasteiger partial charge in [-0.1, -0.05) is 25.4 Å². The Morgan fingerprint density at radius 3 is 2.26 bits per heavy atom.